The van der Waals surface area contributed by atoms with E-state index in [1.54, 1.807) is 5.51 Å². The number of nitrogens with zero attached hydrogens (tertiary/aromatic N) is 4. The first-order valence-electron chi connectivity index (χ1n) is 5.99. The third-order valence-electron chi connectivity index (χ3n) is 2.61. The Kier molecular flexibility index (Phi) is 4.41. The quantitative estimate of drug-likeness (QED) is 0.621. The summed E-state index contributed by atoms with van der Waals surface area (Å²) in [6.07, 6.45) is 1.30. The van der Waals surface area contributed by atoms with Gasteiger partial charge in [0.15, 0.2) is 0 Å². The molecule has 0 aliphatic rings. The molecule has 2 heterocycles. The Bertz CT molecular complexity index is 615. The molecule has 0 saturated heterocycles. The van der Waals surface area contributed by atoms with Gasteiger partial charge < -0.3 is 10.6 Å². The second kappa shape index (κ2) is 6.24. The van der Waals surface area contributed by atoms with Gasteiger partial charge in [-0.2, -0.15) is 0 Å². The third kappa shape index (κ3) is 2.99. The summed E-state index contributed by atoms with van der Waals surface area (Å²) in [6.45, 7) is 4.73. The molecule has 0 saturated carbocycles. The molecule has 0 aliphatic heterocycles. The first-order chi connectivity index (χ1) is 9.63. The van der Waals surface area contributed by atoms with Crippen LogP contribution in [-0.2, 0) is 6.54 Å². The van der Waals surface area contributed by atoms with Crippen molar-refractivity contribution in [2.45, 2.75) is 20.4 Å². The number of rotatable bonds is 6. The highest BCUT2D eigenvalue weighted by molar-refractivity contribution is 7.09. The summed E-state index contributed by atoms with van der Waals surface area (Å²) in [7, 11) is 0. The van der Waals surface area contributed by atoms with Crippen LogP contribution in [0, 0.1) is 17.0 Å². The molecule has 0 unspecified atom stereocenters. The monoisotopic (exact) mass is 294 g/mol. The van der Waals surface area contributed by atoms with Crippen molar-refractivity contribution in [3.8, 4) is 0 Å². The summed E-state index contributed by atoms with van der Waals surface area (Å²) in [6, 6.07) is 0. The van der Waals surface area contributed by atoms with E-state index in [0.717, 1.165) is 10.6 Å². The summed E-state index contributed by atoms with van der Waals surface area (Å²) in [5, 5.41) is 17.0. The number of hydrogen-bond acceptors (Lipinski definition) is 8. The van der Waals surface area contributed by atoms with Gasteiger partial charge in [-0.3, -0.25) is 10.1 Å². The van der Waals surface area contributed by atoms with E-state index >= 15 is 0 Å². The molecule has 0 atom stereocenters. The Labute approximate surface area is 119 Å². The zero-order valence-electron chi connectivity index (χ0n) is 11.1. The molecule has 8 nitrogen and oxygen atoms in total. The molecular formula is C11H14N6O2S. The summed E-state index contributed by atoms with van der Waals surface area (Å²) in [5.74, 6) is 0.421. The largest absolute Gasteiger partial charge is 0.364 e. The van der Waals surface area contributed by atoms with Gasteiger partial charge in [-0.05, 0) is 13.8 Å². The van der Waals surface area contributed by atoms with Gasteiger partial charge >= 0.3 is 5.69 Å². The van der Waals surface area contributed by atoms with Gasteiger partial charge in [0.1, 0.15) is 6.33 Å². The van der Waals surface area contributed by atoms with Crippen LogP contribution in [0.25, 0.3) is 0 Å². The van der Waals surface area contributed by atoms with Crippen molar-refractivity contribution in [2.24, 2.45) is 0 Å². The second-order valence-electron chi connectivity index (χ2n) is 3.92. The molecule has 2 aromatic heterocycles. The van der Waals surface area contributed by atoms with Crippen LogP contribution in [0.15, 0.2) is 11.8 Å². The van der Waals surface area contributed by atoms with Gasteiger partial charge in [-0.1, -0.05) is 0 Å². The first-order valence-corrected chi connectivity index (χ1v) is 6.87. The van der Waals surface area contributed by atoms with Crippen molar-refractivity contribution in [3.63, 3.8) is 0 Å². The SMILES string of the molecule is CCNc1ncnc(NCc2scnc2C)c1[N+](=O)[O-]. The summed E-state index contributed by atoms with van der Waals surface area (Å²) in [5.41, 5.74) is 2.51. The van der Waals surface area contributed by atoms with Crippen molar-refractivity contribution in [2.75, 3.05) is 17.2 Å². The molecule has 0 radical (unpaired) electrons. The maximum absolute atomic E-state index is 11.2. The van der Waals surface area contributed by atoms with E-state index in [1.165, 1.54) is 17.7 Å². The third-order valence-corrected chi connectivity index (χ3v) is 3.55. The van der Waals surface area contributed by atoms with Crippen LogP contribution >= 0.6 is 11.3 Å². The number of aryl methyl sites for hydroxylation is 1. The maximum Gasteiger partial charge on any atom is 0.353 e. The summed E-state index contributed by atoms with van der Waals surface area (Å²) in [4.78, 5) is 23.7. The molecule has 2 N–H and O–H groups in total. The van der Waals surface area contributed by atoms with E-state index in [4.69, 9.17) is 0 Å². The molecule has 0 aliphatic carbocycles. The van der Waals surface area contributed by atoms with Gasteiger partial charge in [0.25, 0.3) is 0 Å². The molecule has 0 spiro atoms. The van der Waals surface area contributed by atoms with Crippen LogP contribution in [0.5, 0.6) is 0 Å². The lowest BCUT2D eigenvalue weighted by molar-refractivity contribution is -0.383. The Morgan fingerprint density at radius 1 is 1.30 bits per heavy atom. The number of thiazole rings is 1. The van der Waals surface area contributed by atoms with Gasteiger partial charge in [0.2, 0.25) is 11.6 Å². The van der Waals surface area contributed by atoms with Crippen LogP contribution in [0.3, 0.4) is 0 Å². The lowest BCUT2D eigenvalue weighted by atomic mass is 10.3. The number of anilines is 2. The molecule has 20 heavy (non-hydrogen) atoms. The lowest BCUT2D eigenvalue weighted by Gasteiger charge is -2.08. The highest BCUT2D eigenvalue weighted by atomic mass is 32.1. The minimum Gasteiger partial charge on any atom is -0.364 e. The zero-order chi connectivity index (χ0) is 14.5. The molecule has 9 heteroatoms. The number of nitro groups is 1. The van der Waals surface area contributed by atoms with Crippen LogP contribution in [0.1, 0.15) is 17.5 Å². The maximum atomic E-state index is 11.2. The highest BCUT2D eigenvalue weighted by Gasteiger charge is 2.22. The van der Waals surface area contributed by atoms with Crippen LogP contribution < -0.4 is 10.6 Å². The van der Waals surface area contributed by atoms with Crippen LogP contribution in [-0.4, -0.2) is 26.4 Å². The van der Waals surface area contributed by atoms with Crippen molar-refractivity contribution in [3.05, 3.63) is 32.5 Å². The Morgan fingerprint density at radius 2 is 2.00 bits per heavy atom. The fourth-order valence-corrected chi connectivity index (χ4v) is 2.35. The number of nitrogens with one attached hydrogen (secondary N) is 2. The van der Waals surface area contributed by atoms with Crippen LogP contribution in [0.4, 0.5) is 17.3 Å². The Balaban J connectivity index is 2.24. The topological polar surface area (TPSA) is 106 Å². The van der Waals surface area contributed by atoms with E-state index in [9.17, 15) is 10.1 Å². The summed E-state index contributed by atoms with van der Waals surface area (Å²) >= 11 is 1.50. The predicted octanol–water partition coefficient (Wildman–Crippen LogP) is 2.19. The van der Waals surface area contributed by atoms with Gasteiger partial charge in [0.05, 0.1) is 22.7 Å². The zero-order valence-corrected chi connectivity index (χ0v) is 11.9. The van der Waals surface area contributed by atoms with E-state index in [1.807, 2.05) is 13.8 Å². The first kappa shape index (κ1) is 14.1. The van der Waals surface area contributed by atoms with Crippen molar-refractivity contribution in [1.82, 2.24) is 15.0 Å². The minimum atomic E-state index is -0.486. The molecule has 0 bridgehead atoms. The Hall–Kier alpha value is -2.29. The lowest BCUT2D eigenvalue weighted by Crippen LogP contribution is -2.09. The average molecular weight is 294 g/mol. The van der Waals surface area contributed by atoms with Gasteiger partial charge in [-0.15, -0.1) is 11.3 Å². The second-order valence-corrected chi connectivity index (χ2v) is 4.86. The molecule has 2 aromatic rings. The number of aromatic nitrogens is 3. The fraction of sp³-hybridized carbons (Fsp3) is 0.364. The average Bonchev–Trinajstić information content (AvgIpc) is 2.82. The van der Waals surface area contributed by atoms with Crippen molar-refractivity contribution < 1.29 is 4.92 Å². The molecule has 0 amide bonds. The predicted molar refractivity (Wildman–Crippen MR) is 77.0 cm³/mol. The summed E-state index contributed by atoms with van der Waals surface area (Å²) < 4.78 is 0. The van der Waals surface area contributed by atoms with Gasteiger partial charge in [-0.25, -0.2) is 15.0 Å². The normalized spacial score (nSPS) is 10.3. The van der Waals surface area contributed by atoms with E-state index in [2.05, 4.69) is 25.6 Å². The standard InChI is InChI=1S/C11H14N6O2S/c1-3-12-10-9(17(18)19)11(15-5-14-10)13-4-8-7(2)16-6-20-8/h5-6H,3-4H2,1-2H3,(H2,12,13,14,15). The molecular weight excluding hydrogens is 280 g/mol. The smallest absolute Gasteiger partial charge is 0.353 e. The van der Waals surface area contributed by atoms with Crippen LogP contribution in [0.2, 0.25) is 0 Å². The molecule has 0 aromatic carbocycles. The fourth-order valence-electron chi connectivity index (χ4n) is 1.64. The minimum absolute atomic E-state index is 0.142. The van der Waals surface area contributed by atoms with Gasteiger partial charge in [0, 0.05) is 11.4 Å². The number of hydrogen-bond donors (Lipinski definition) is 2. The molecule has 2 rings (SSSR count). The van der Waals surface area contributed by atoms with Crippen molar-refractivity contribution in [1.29, 1.82) is 0 Å². The van der Waals surface area contributed by atoms with E-state index in [0.29, 0.717) is 13.1 Å². The van der Waals surface area contributed by atoms with E-state index in [-0.39, 0.29) is 17.3 Å². The van der Waals surface area contributed by atoms with E-state index < -0.39 is 4.92 Å². The molecule has 0 fully saturated rings. The molecule has 106 valence electrons. The highest BCUT2D eigenvalue weighted by Crippen LogP contribution is 2.29. The Morgan fingerprint density at radius 3 is 2.55 bits per heavy atom. The van der Waals surface area contributed by atoms with Crippen molar-refractivity contribution >= 4 is 28.7 Å².